The van der Waals surface area contributed by atoms with Crippen molar-refractivity contribution < 1.29 is 0 Å². The van der Waals surface area contributed by atoms with E-state index in [0.717, 1.165) is 0 Å². The first-order valence-electron chi connectivity index (χ1n) is 6.16. The Labute approximate surface area is 91.9 Å². The normalized spacial score (nSPS) is 14.1. The molecule has 0 aromatic heterocycles. The molecule has 1 nitrogen and oxygen atoms in total. The van der Waals surface area contributed by atoms with Crippen molar-refractivity contribution in [2.45, 2.75) is 53.0 Å². The lowest BCUT2D eigenvalue weighted by Crippen LogP contribution is -2.39. The summed E-state index contributed by atoms with van der Waals surface area (Å²) in [5.74, 6) is 0. The molecule has 0 aliphatic carbocycles. The molecule has 0 spiro atoms. The maximum atomic E-state index is 2.75. The second kappa shape index (κ2) is 9.47. The maximum Gasteiger partial charge on any atom is 0.136 e. The molecule has 0 rings (SSSR count). The van der Waals surface area contributed by atoms with Gasteiger partial charge >= 0.3 is 0 Å². The van der Waals surface area contributed by atoms with Gasteiger partial charge in [-0.2, -0.15) is 0 Å². The number of nitrogens with zero attached hydrogens (tertiary/aromatic N) is 1. The average molecular weight is 213 g/mol. The van der Waals surface area contributed by atoms with Crippen LogP contribution >= 0.6 is 0 Å². The Hall–Kier alpha value is -0.0831. The largest absolute Gasteiger partial charge is 0.323 e. The smallest absolute Gasteiger partial charge is 0.136 e. The highest BCUT2D eigenvalue weighted by Crippen LogP contribution is 2.07. The van der Waals surface area contributed by atoms with Gasteiger partial charge in [0.2, 0.25) is 0 Å². The van der Waals surface area contributed by atoms with Gasteiger partial charge in [0.05, 0.1) is 0 Å². The summed E-state index contributed by atoms with van der Waals surface area (Å²) in [5, 5.41) is 0. The molecular weight excluding hydrogens is 186 g/mol. The predicted octanol–water partition coefficient (Wildman–Crippen LogP) is 3.36. The first-order valence-corrected chi connectivity index (χ1v) is 8.16. The van der Waals surface area contributed by atoms with Gasteiger partial charge < -0.3 is 4.57 Å². The van der Waals surface area contributed by atoms with E-state index < -0.39 is 8.96 Å². The van der Waals surface area contributed by atoms with Crippen molar-refractivity contribution in [2.75, 3.05) is 13.1 Å². The second-order valence-electron chi connectivity index (χ2n) is 3.92. The highest BCUT2D eigenvalue weighted by atomic mass is 28.3. The Kier molecular flexibility index (Phi) is 9.41. The zero-order valence-corrected chi connectivity index (χ0v) is 11.6. The summed E-state index contributed by atoms with van der Waals surface area (Å²) in [6.07, 6.45) is 6.19. The fourth-order valence-electron chi connectivity index (χ4n) is 1.94. The molecule has 0 aliphatic heterocycles. The minimum atomic E-state index is -0.731. The molecule has 0 fully saturated rings. The van der Waals surface area contributed by atoms with Crippen LogP contribution in [0.5, 0.6) is 0 Å². The number of allylic oxidation sites excluding steroid dienone is 1. The second-order valence-corrected chi connectivity index (χ2v) is 6.75. The molecule has 0 saturated carbocycles. The van der Waals surface area contributed by atoms with Crippen molar-refractivity contribution in [3.05, 3.63) is 11.8 Å². The van der Waals surface area contributed by atoms with Crippen molar-refractivity contribution in [1.29, 1.82) is 0 Å². The third kappa shape index (κ3) is 5.61. The van der Waals surface area contributed by atoms with Gasteiger partial charge in [-0.05, 0) is 38.9 Å². The van der Waals surface area contributed by atoms with Crippen LogP contribution in [0.2, 0.25) is 6.04 Å². The summed E-state index contributed by atoms with van der Waals surface area (Å²) in [6, 6.07) is 1.43. The van der Waals surface area contributed by atoms with Crippen molar-refractivity contribution >= 4 is 8.96 Å². The highest BCUT2D eigenvalue weighted by Gasteiger charge is 2.14. The van der Waals surface area contributed by atoms with Crippen LogP contribution < -0.4 is 0 Å². The van der Waals surface area contributed by atoms with Gasteiger partial charge in [0, 0.05) is 0 Å². The van der Waals surface area contributed by atoms with Gasteiger partial charge in [-0.1, -0.05) is 39.0 Å². The van der Waals surface area contributed by atoms with E-state index in [4.69, 9.17) is 0 Å². The van der Waals surface area contributed by atoms with Crippen molar-refractivity contribution in [1.82, 2.24) is 4.57 Å². The van der Waals surface area contributed by atoms with E-state index in [-0.39, 0.29) is 0 Å². The lowest BCUT2D eigenvalue weighted by molar-refractivity contribution is 0.431. The quantitative estimate of drug-likeness (QED) is 0.559. The third-order valence-electron chi connectivity index (χ3n) is 2.49. The molecule has 0 aromatic rings. The molecule has 0 bridgehead atoms. The Bertz CT molecular complexity index is 139. The van der Waals surface area contributed by atoms with Gasteiger partial charge in [0.15, 0.2) is 0 Å². The SMILES string of the molecule is CC=C[SiH](CCC)N(CCC)CCC. The van der Waals surface area contributed by atoms with E-state index in [2.05, 4.69) is 44.0 Å². The van der Waals surface area contributed by atoms with Gasteiger partial charge in [0.25, 0.3) is 0 Å². The first-order chi connectivity index (χ1) is 6.79. The molecular formula is C12H27NSi. The van der Waals surface area contributed by atoms with E-state index in [1.807, 2.05) is 0 Å². The van der Waals surface area contributed by atoms with Gasteiger partial charge in [-0.25, -0.2) is 0 Å². The van der Waals surface area contributed by atoms with E-state index in [1.54, 1.807) is 0 Å². The first kappa shape index (κ1) is 13.9. The Morgan fingerprint density at radius 3 is 1.93 bits per heavy atom. The number of hydrogen-bond donors (Lipinski definition) is 0. The summed E-state index contributed by atoms with van der Waals surface area (Å²) in [4.78, 5) is 0. The van der Waals surface area contributed by atoms with Crippen molar-refractivity contribution in [3.8, 4) is 0 Å². The Morgan fingerprint density at radius 1 is 1.00 bits per heavy atom. The van der Waals surface area contributed by atoms with Gasteiger partial charge in [0.1, 0.15) is 8.96 Å². The topological polar surface area (TPSA) is 3.24 Å². The average Bonchev–Trinajstić information content (AvgIpc) is 2.17. The predicted molar refractivity (Wildman–Crippen MR) is 69.2 cm³/mol. The minimum absolute atomic E-state index is 0.731. The molecule has 14 heavy (non-hydrogen) atoms. The third-order valence-corrected chi connectivity index (χ3v) is 5.94. The molecule has 2 heteroatoms. The van der Waals surface area contributed by atoms with Crippen LogP contribution in [0.15, 0.2) is 11.8 Å². The standard InChI is InChI=1S/C12H27NSi/c1-5-9-13(10-6-2)14(11-7-3)12-8-4/h7,11,14H,5-6,8-10,12H2,1-4H3. The minimum Gasteiger partial charge on any atom is -0.323 e. The van der Waals surface area contributed by atoms with Crippen LogP contribution in [0.25, 0.3) is 0 Å². The fraction of sp³-hybridized carbons (Fsp3) is 0.833. The van der Waals surface area contributed by atoms with E-state index in [0.29, 0.717) is 0 Å². The van der Waals surface area contributed by atoms with E-state index in [1.165, 1.54) is 38.4 Å². The maximum absolute atomic E-state index is 2.75. The van der Waals surface area contributed by atoms with Crippen LogP contribution in [0.4, 0.5) is 0 Å². The summed E-state index contributed by atoms with van der Waals surface area (Å²) >= 11 is 0. The zero-order chi connectivity index (χ0) is 10.8. The fourth-order valence-corrected chi connectivity index (χ4v) is 4.95. The van der Waals surface area contributed by atoms with Crippen LogP contribution in [0.3, 0.4) is 0 Å². The Balaban J connectivity index is 4.20. The lowest BCUT2D eigenvalue weighted by atomic mass is 10.4. The molecule has 0 aromatic carbocycles. The van der Waals surface area contributed by atoms with E-state index in [9.17, 15) is 0 Å². The van der Waals surface area contributed by atoms with E-state index >= 15 is 0 Å². The molecule has 0 aliphatic rings. The molecule has 0 N–H and O–H groups in total. The van der Waals surface area contributed by atoms with Gasteiger partial charge in [-0.3, -0.25) is 0 Å². The number of hydrogen-bond acceptors (Lipinski definition) is 1. The van der Waals surface area contributed by atoms with Crippen molar-refractivity contribution in [3.63, 3.8) is 0 Å². The molecule has 1 unspecified atom stereocenters. The zero-order valence-electron chi connectivity index (χ0n) is 10.4. The molecule has 0 saturated heterocycles. The monoisotopic (exact) mass is 213 g/mol. The molecule has 0 amide bonds. The summed E-state index contributed by atoms with van der Waals surface area (Å²) in [6.45, 7) is 11.6. The van der Waals surface area contributed by atoms with Crippen LogP contribution in [-0.4, -0.2) is 26.6 Å². The summed E-state index contributed by atoms with van der Waals surface area (Å²) < 4.78 is 2.75. The van der Waals surface area contributed by atoms with Gasteiger partial charge in [-0.15, -0.1) is 0 Å². The van der Waals surface area contributed by atoms with Crippen LogP contribution in [0, 0.1) is 0 Å². The van der Waals surface area contributed by atoms with Crippen LogP contribution in [0.1, 0.15) is 47.0 Å². The van der Waals surface area contributed by atoms with Crippen molar-refractivity contribution in [2.24, 2.45) is 0 Å². The summed E-state index contributed by atoms with van der Waals surface area (Å²) in [7, 11) is -0.731. The summed E-state index contributed by atoms with van der Waals surface area (Å²) in [5.41, 5.74) is 2.49. The lowest BCUT2D eigenvalue weighted by Gasteiger charge is -2.27. The number of rotatable bonds is 8. The molecule has 0 heterocycles. The highest BCUT2D eigenvalue weighted by molar-refractivity contribution is 6.61. The Morgan fingerprint density at radius 2 is 1.57 bits per heavy atom. The molecule has 84 valence electrons. The molecule has 1 atom stereocenters. The molecule has 0 radical (unpaired) electrons. The van der Waals surface area contributed by atoms with Crippen LogP contribution in [-0.2, 0) is 0 Å².